The summed E-state index contributed by atoms with van der Waals surface area (Å²) in [6.45, 7) is 2.75. The number of benzene rings is 1. The van der Waals surface area contributed by atoms with Crippen LogP contribution in [0.3, 0.4) is 0 Å². The van der Waals surface area contributed by atoms with Gasteiger partial charge in [-0.3, -0.25) is 0 Å². The molecule has 1 heterocycles. The van der Waals surface area contributed by atoms with Crippen LogP contribution in [-0.4, -0.2) is 32.8 Å². The molecule has 1 unspecified atom stereocenters. The molecule has 1 aromatic carbocycles. The van der Waals surface area contributed by atoms with Crippen LogP contribution >= 0.6 is 0 Å². The molecular weight excluding hydrogens is 214 g/mol. The average molecular weight is 231 g/mol. The highest BCUT2D eigenvalue weighted by atomic mass is 16.5. The van der Waals surface area contributed by atoms with Gasteiger partial charge in [-0.25, -0.2) is 0 Å². The minimum absolute atomic E-state index is 0.251. The lowest BCUT2D eigenvalue weighted by Gasteiger charge is -2.37. The lowest BCUT2D eigenvalue weighted by atomic mass is 10.1. The second kappa shape index (κ2) is 5.55. The predicted molar refractivity (Wildman–Crippen MR) is 67.2 cm³/mol. The third-order valence-corrected chi connectivity index (χ3v) is 3.06. The summed E-state index contributed by atoms with van der Waals surface area (Å²) < 4.78 is 5.23. The lowest BCUT2D eigenvalue weighted by Crippen LogP contribution is -2.51. The molecule has 0 aromatic heterocycles. The molecule has 1 aromatic rings. The van der Waals surface area contributed by atoms with Gasteiger partial charge in [0.1, 0.15) is 5.75 Å². The smallest absolute Gasteiger partial charge is 0.120 e. The zero-order valence-corrected chi connectivity index (χ0v) is 10.0. The second-order valence-corrected chi connectivity index (χ2v) is 4.12. The summed E-state index contributed by atoms with van der Waals surface area (Å²) in [5.74, 6) is 0.858. The van der Waals surface area contributed by atoms with E-state index >= 15 is 0 Å². The van der Waals surface area contributed by atoms with Crippen LogP contribution in [0.4, 0.5) is 5.69 Å². The van der Waals surface area contributed by atoms with Gasteiger partial charge in [0.2, 0.25) is 0 Å². The first-order chi connectivity index (χ1) is 8.35. The molecular formula is C13H17N3O. The first-order valence-electron chi connectivity index (χ1n) is 5.83. The van der Waals surface area contributed by atoms with Crippen molar-refractivity contribution in [2.24, 2.45) is 0 Å². The Morgan fingerprint density at radius 1 is 1.59 bits per heavy atom. The number of anilines is 1. The van der Waals surface area contributed by atoms with Gasteiger partial charge in [0.15, 0.2) is 0 Å². The number of methoxy groups -OCH3 is 1. The Bertz CT molecular complexity index is 413. The van der Waals surface area contributed by atoms with Crippen molar-refractivity contribution in [2.45, 2.75) is 12.5 Å². The minimum atomic E-state index is 0.251. The molecule has 1 aliphatic rings. The number of nitrogens with zero attached hydrogens (tertiary/aromatic N) is 2. The van der Waals surface area contributed by atoms with Crippen LogP contribution in [0.15, 0.2) is 24.3 Å². The Balaban J connectivity index is 2.20. The fraction of sp³-hybridized carbons (Fsp3) is 0.462. The molecule has 0 bridgehead atoms. The maximum atomic E-state index is 8.85. The van der Waals surface area contributed by atoms with Crippen molar-refractivity contribution in [1.82, 2.24) is 5.32 Å². The third-order valence-electron chi connectivity index (χ3n) is 3.06. The molecule has 0 spiro atoms. The summed E-state index contributed by atoms with van der Waals surface area (Å²) in [7, 11) is 1.67. The molecule has 1 atom stereocenters. The van der Waals surface area contributed by atoms with E-state index in [1.54, 1.807) is 7.11 Å². The van der Waals surface area contributed by atoms with Crippen LogP contribution in [-0.2, 0) is 0 Å². The highest BCUT2D eigenvalue weighted by Gasteiger charge is 2.22. The number of nitriles is 1. The van der Waals surface area contributed by atoms with Gasteiger partial charge in [-0.15, -0.1) is 0 Å². The van der Waals surface area contributed by atoms with Gasteiger partial charge in [-0.05, 0) is 12.1 Å². The predicted octanol–water partition coefficient (Wildman–Crippen LogP) is 1.39. The molecule has 1 saturated heterocycles. The quantitative estimate of drug-likeness (QED) is 0.854. The Morgan fingerprint density at radius 2 is 2.47 bits per heavy atom. The van der Waals surface area contributed by atoms with E-state index in [1.165, 1.54) is 0 Å². The molecule has 0 saturated carbocycles. The van der Waals surface area contributed by atoms with E-state index in [0.717, 1.165) is 31.1 Å². The molecule has 17 heavy (non-hydrogen) atoms. The van der Waals surface area contributed by atoms with E-state index in [4.69, 9.17) is 10.00 Å². The first kappa shape index (κ1) is 11.7. The van der Waals surface area contributed by atoms with Crippen molar-refractivity contribution < 1.29 is 4.74 Å². The van der Waals surface area contributed by atoms with Crippen LogP contribution in [0, 0.1) is 11.3 Å². The molecule has 4 nitrogen and oxygen atoms in total. The van der Waals surface area contributed by atoms with Crippen molar-refractivity contribution in [3.05, 3.63) is 24.3 Å². The van der Waals surface area contributed by atoms with Gasteiger partial charge in [-0.1, -0.05) is 6.07 Å². The number of ether oxygens (including phenoxy) is 1. The fourth-order valence-electron chi connectivity index (χ4n) is 2.18. The number of piperazine rings is 1. The fourth-order valence-corrected chi connectivity index (χ4v) is 2.18. The zero-order valence-electron chi connectivity index (χ0n) is 10.0. The number of hydrogen-bond donors (Lipinski definition) is 1. The molecule has 1 aliphatic heterocycles. The van der Waals surface area contributed by atoms with Gasteiger partial charge >= 0.3 is 0 Å². The van der Waals surface area contributed by atoms with Crippen molar-refractivity contribution in [1.29, 1.82) is 5.26 Å². The molecule has 1 N–H and O–H groups in total. The number of nitrogens with one attached hydrogen (secondary N) is 1. The Labute approximate surface area is 102 Å². The largest absolute Gasteiger partial charge is 0.497 e. The van der Waals surface area contributed by atoms with E-state index in [9.17, 15) is 0 Å². The molecule has 4 heteroatoms. The van der Waals surface area contributed by atoms with Crippen LogP contribution in [0.5, 0.6) is 5.75 Å². The second-order valence-electron chi connectivity index (χ2n) is 4.12. The average Bonchev–Trinajstić information content (AvgIpc) is 2.40. The van der Waals surface area contributed by atoms with Crippen molar-refractivity contribution in [3.8, 4) is 11.8 Å². The van der Waals surface area contributed by atoms with Gasteiger partial charge in [0.05, 0.1) is 25.6 Å². The highest BCUT2D eigenvalue weighted by molar-refractivity contribution is 5.52. The summed E-state index contributed by atoms with van der Waals surface area (Å²) >= 11 is 0. The standard InChI is InChI=1S/C13H17N3O/c1-17-13-4-2-3-11(9-13)16-8-7-15-10-12(16)5-6-14/h2-4,9,12,15H,5,7-8,10H2,1H3. The summed E-state index contributed by atoms with van der Waals surface area (Å²) in [6.07, 6.45) is 0.546. The minimum Gasteiger partial charge on any atom is -0.497 e. The maximum Gasteiger partial charge on any atom is 0.120 e. The van der Waals surface area contributed by atoms with E-state index in [2.05, 4.69) is 22.4 Å². The molecule has 1 fully saturated rings. The van der Waals surface area contributed by atoms with Crippen LogP contribution < -0.4 is 15.0 Å². The summed E-state index contributed by atoms with van der Waals surface area (Å²) in [5.41, 5.74) is 1.13. The Hall–Kier alpha value is -1.73. The summed E-state index contributed by atoms with van der Waals surface area (Å²) in [6, 6.07) is 10.5. The molecule has 0 aliphatic carbocycles. The summed E-state index contributed by atoms with van der Waals surface area (Å²) in [5, 5.41) is 12.2. The first-order valence-corrected chi connectivity index (χ1v) is 5.83. The van der Waals surface area contributed by atoms with E-state index in [-0.39, 0.29) is 6.04 Å². The number of hydrogen-bond acceptors (Lipinski definition) is 4. The molecule has 2 rings (SSSR count). The Morgan fingerprint density at radius 3 is 3.24 bits per heavy atom. The van der Waals surface area contributed by atoms with Crippen molar-refractivity contribution in [2.75, 3.05) is 31.6 Å². The van der Waals surface area contributed by atoms with Crippen LogP contribution in [0.25, 0.3) is 0 Å². The highest BCUT2D eigenvalue weighted by Crippen LogP contribution is 2.24. The van der Waals surface area contributed by atoms with Gasteiger partial charge < -0.3 is 15.0 Å². The van der Waals surface area contributed by atoms with Crippen LogP contribution in [0.2, 0.25) is 0 Å². The zero-order chi connectivity index (χ0) is 12.1. The molecule has 0 amide bonds. The molecule has 90 valence electrons. The van der Waals surface area contributed by atoms with Crippen molar-refractivity contribution in [3.63, 3.8) is 0 Å². The maximum absolute atomic E-state index is 8.85. The third kappa shape index (κ3) is 2.69. The molecule has 0 radical (unpaired) electrons. The van der Waals surface area contributed by atoms with Gasteiger partial charge in [0.25, 0.3) is 0 Å². The van der Waals surface area contributed by atoms with Gasteiger partial charge in [0, 0.05) is 31.4 Å². The van der Waals surface area contributed by atoms with Gasteiger partial charge in [-0.2, -0.15) is 5.26 Å². The van der Waals surface area contributed by atoms with E-state index < -0.39 is 0 Å². The topological polar surface area (TPSA) is 48.3 Å². The SMILES string of the molecule is COc1cccc(N2CCNCC2CC#N)c1. The Kier molecular flexibility index (Phi) is 3.84. The van der Waals surface area contributed by atoms with Crippen LogP contribution in [0.1, 0.15) is 6.42 Å². The normalized spacial score (nSPS) is 19.8. The van der Waals surface area contributed by atoms with E-state index in [0.29, 0.717) is 6.42 Å². The van der Waals surface area contributed by atoms with Crippen molar-refractivity contribution >= 4 is 5.69 Å². The number of rotatable bonds is 3. The van der Waals surface area contributed by atoms with E-state index in [1.807, 2.05) is 18.2 Å². The lowest BCUT2D eigenvalue weighted by molar-refractivity contribution is 0.414. The summed E-state index contributed by atoms with van der Waals surface area (Å²) in [4.78, 5) is 2.28. The monoisotopic (exact) mass is 231 g/mol.